The number of fused-ring (bicyclic) bond motifs is 1. The smallest absolute Gasteiger partial charge is 0.332 e. The number of aliphatic hydroxyl groups excluding tert-OH is 1. The highest BCUT2D eigenvalue weighted by molar-refractivity contribution is 5.71. The number of nitrogens with one attached hydrogen (secondary N) is 1. The van der Waals surface area contributed by atoms with Gasteiger partial charge in [-0.25, -0.2) is 4.79 Å². The van der Waals surface area contributed by atoms with Crippen LogP contribution in [0.25, 0.3) is 0 Å². The van der Waals surface area contributed by atoms with Crippen molar-refractivity contribution >= 4 is 11.5 Å². The molecule has 26 heavy (non-hydrogen) atoms. The average Bonchev–Trinajstić information content (AvgIpc) is 3.26. The number of nitrogens with zero attached hydrogens (tertiary/aromatic N) is 3. The van der Waals surface area contributed by atoms with Gasteiger partial charge in [-0.2, -0.15) is 0 Å². The average molecular weight is 366 g/mol. The minimum Gasteiger partial charge on any atom is -0.396 e. The Bertz CT molecular complexity index is 736. The van der Waals surface area contributed by atoms with Crippen molar-refractivity contribution in [3.8, 4) is 0 Å². The van der Waals surface area contributed by atoms with Crippen LogP contribution in [0.2, 0.25) is 0 Å². The first-order chi connectivity index (χ1) is 12.6. The van der Waals surface area contributed by atoms with Crippen molar-refractivity contribution in [1.82, 2.24) is 9.13 Å². The lowest BCUT2D eigenvalue weighted by Gasteiger charge is -2.26. The van der Waals surface area contributed by atoms with Crippen molar-refractivity contribution in [2.75, 3.05) is 30.0 Å². The second kappa shape index (κ2) is 8.26. The maximum atomic E-state index is 13.0. The zero-order valence-electron chi connectivity index (χ0n) is 15.7. The molecular weight excluding hydrogens is 336 g/mol. The van der Waals surface area contributed by atoms with Crippen LogP contribution in [-0.4, -0.2) is 40.4 Å². The molecule has 3 rings (SSSR count). The van der Waals surface area contributed by atoms with E-state index in [2.05, 4.69) is 12.2 Å². The number of anilines is 2. The fourth-order valence-corrected chi connectivity index (χ4v) is 3.92. The molecule has 0 bridgehead atoms. The fraction of sp³-hybridized carbons (Fsp3) is 0.778. The van der Waals surface area contributed by atoms with Gasteiger partial charge < -0.3 is 20.1 Å². The molecule has 0 aromatic carbocycles. The molecule has 8 nitrogen and oxygen atoms in total. The highest BCUT2D eigenvalue weighted by Gasteiger charge is 2.35. The van der Waals surface area contributed by atoms with Gasteiger partial charge >= 0.3 is 5.69 Å². The van der Waals surface area contributed by atoms with Gasteiger partial charge in [0.05, 0.1) is 6.61 Å². The Balaban J connectivity index is 1.90. The second-order valence-corrected chi connectivity index (χ2v) is 7.25. The standard InChI is InChI=1S/C18H30N4O4/c1-3-9-21-14-15(19-17(21)26-12-13-7-4-5-8-13)20(2)18(25)22(16(14)24)10-6-11-23/h13,17,19,23H,3-12H2,1-2H3. The third kappa shape index (κ3) is 3.53. The van der Waals surface area contributed by atoms with Gasteiger partial charge in [0.15, 0.2) is 0 Å². The first-order valence-corrected chi connectivity index (χ1v) is 9.68. The summed E-state index contributed by atoms with van der Waals surface area (Å²) < 4.78 is 8.79. The van der Waals surface area contributed by atoms with Gasteiger partial charge in [0, 0.05) is 26.7 Å². The van der Waals surface area contributed by atoms with Gasteiger partial charge in [-0.05, 0) is 31.6 Å². The third-order valence-corrected chi connectivity index (χ3v) is 5.32. The maximum absolute atomic E-state index is 13.0. The van der Waals surface area contributed by atoms with E-state index in [4.69, 9.17) is 9.84 Å². The molecule has 1 aliphatic carbocycles. The van der Waals surface area contributed by atoms with Crippen molar-refractivity contribution in [3.05, 3.63) is 20.8 Å². The molecule has 1 aromatic heterocycles. The molecule has 1 aliphatic heterocycles. The molecule has 0 amide bonds. The highest BCUT2D eigenvalue weighted by Crippen LogP contribution is 2.32. The third-order valence-electron chi connectivity index (χ3n) is 5.32. The maximum Gasteiger partial charge on any atom is 0.332 e. The van der Waals surface area contributed by atoms with E-state index in [1.165, 1.54) is 34.8 Å². The molecule has 0 radical (unpaired) electrons. The van der Waals surface area contributed by atoms with E-state index in [-0.39, 0.29) is 24.4 Å². The number of ether oxygens (including phenoxy) is 1. The van der Waals surface area contributed by atoms with Crippen LogP contribution in [0.3, 0.4) is 0 Å². The fourth-order valence-electron chi connectivity index (χ4n) is 3.92. The normalized spacial score (nSPS) is 19.8. The predicted octanol–water partition coefficient (Wildman–Crippen LogP) is 1.06. The van der Waals surface area contributed by atoms with E-state index in [1.54, 1.807) is 7.05 Å². The van der Waals surface area contributed by atoms with Gasteiger partial charge in [-0.3, -0.25) is 13.9 Å². The van der Waals surface area contributed by atoms with Crippen LogP contribution in [0.4, 0.5) is 11.5 Å². The first kappa shape index (κ1) is 19.0. The zero-order chi connectivity index (χ0) is 18.7. The van der Waals surface area contributed by atoms with Crippen LogP contribution in [-0.2, 0) is 18.3 Å². The van der Waals surface area contributed by atoms with Crippen LogP contribution in [0.5, 0.6) is 0 Å². The van der Waals surface area contributed by atoms with E-state index < -0.39 is 6.35 Å². The monoisotopic (exact) mass is 366 g/mol. The summed E-state index contributed by atoms with van der Waals surface area (Å²) in [7, 11) is 1.66. The summed E-state index contributed by atoms with van der Waals surface area (Å²) in [6, 6.07) is 0. The van der Waals surface area contributed by atoms with Crippen molar-refractivity contribution < 1.29 is 9.84 Å². The van der Waals surface area contributed by atoms with E-state index in [0.29, 0.717) is 37.0 Å². The van der Waals surface area contributed by atoms with E-state index in [1.807, 2.05) is 4.90 Å². The van der Waals surface area contributed by atoms with Crippen molar-refractivity contribution in [2.24, 2.45) is 13.0 Å². The molecule has 1 aromatic rings. The Morgan fingerprint density at radius 1 is 1.23 bits per heavy atom. The van der Waals surface area contributed by atoms with E-state index >= 15 is 0 Å². The summed E-state index contributed by atoms with van der Waals surface area (Å²) >= 11 is 0. The van der Waals surface area contributed by atoms with Crippen molar-refractivity contribution in [1.29, 1.82) is 0 Å². The largest absolute Gasteiger partial charge is 0.396 e. The molecule has 1 saturated carbocycles. The Morgan fingerprint density at radius 3 is 2.62 bits per heavy atom. The Morgan fingerprint density at radius 2 is 1.96 bits per heavy atom. The number of rotatable bonds is 8. The number of aromatic nitrogens is 2. The zero-order valence-corrected chi connectivity index (χ0v) is 15.7. The lowest BCUT2D eigenvalue weighted by atomic mass is 10.1. The van der Waals surface area contributed by atoms with E-state index in [0.717, 1.165) is 6.42 Å². The topological polar surface area (TPSA) is 88.7 Å². The molecule has 146 valence electrons. The molecule has 8 heteroatoms. The van der Waals surface area contributed by atoms with Gasteiger partial charge in [0.2, 0.25) is 6.35 Å². The lowest BCUT2D eigenvalue weighted by Crippen LogP contribution is -2.43. The Hall–Kier alpha value is -1.80. The van der Waals surface area contributed by atoms with E-state index in [9.17, 15) is 9.59 Å². The van der Waals surface area contributed by atoms with Crippen LogP contribution in [0, 0.1) is 5.92 Å². The van der Waals surface area contributed by atoms with Gasteiger partial charge in [-0.1, -0.05) is 19.8 Å². The first-order valence-electron chi connectivity index (χ1n) is 9.68. The van der Waals surface area contributed by atoms with Gasteiger partial charge in [0.1, 0.15) is 11.5 Å². The molecule has 0 spiro atoms. The highest BCUT2D eigenvalue weighted by atomic mass is 16.5. The molecule has 2 N–H and O–H groups in total. The minimum absolute atomic E-state index is 0.0588. The summed E-state index contributed by atoms with van der Waals surface area (Å²) in [5.41, 5.74) is -0.199. The summed E-state index contributed by atoms with van der Waals surface area (Å²) in [5, 5.41) is 12.3. The lowest BCUT2D eigenvalue weighted by molar-refractivity contribution is 0.0481. The summed E-state index contributed by atoms with van der Waals surface area (Å²) in [6.45, 7) is 3.54. The quantitative estimate of drug-likeness (QED) is 0.715. The number of hydrogen-bond donors (Lipinski definition) is 2. The SMILES string of the molecule is CCCN1c2c(n(C)c(=O)n(CCCO)c2=O)NC1OCC1CCCC1. The molecular formula is C18H30N4O4. The summed E-state index contributed by atoms with van der Waals surface area (Å²) in [4.78, 5) is 27.4. The summed E-state index contributed by atoms with van der Waals surface area (Å²) in [5.74, 6) is 1.10. The second-order valence-electron chi connectivity index (χ2n) is 7.25. The van der Waals surface area contributed by atoms with Crippen LogP contribution in [0.1, 0.15) is 45.4 Å². The Kier molecular flexibility index (Phi) is 6.03. The molecule has 2 heterocycles. The van der Waals surface area contributed by atoms with Crippen molar-refractivity contribution in [3.63, 3.8) is 0 Å². The van der Waals surface area contributed by atoms with Crippen molar-refractivity contribution in [2.45, 2.75) is 58.3 Å². The van der Waals surface area contributed by atoms with Crippen LogP contribution >= 0.6 is 0 Å². The van der Waals surface area contributed by atoms with Crippen LogP contribution < -0.4 is 21.5 Å². The number of hydrogen-bond acceptors (Lipinski definition) is 6. The summed E-state index contributed by atoms with van der Waals surface area (Å²) in [6.07, 6.45) is 5.72. The predicted molar refractivity (Wildman–Crippen MR) is 101 cm³/mol. The van der Waals surface area contributed by atoms with Gasteiger partial charge in [-0.15, -0.1) is 0 Å². The minimum atomic E-state index is -0.419. The number of aliphatic hydroxyl groups is 1. The molecule has 1 atom stereocenters. The molecule has 1 fully saturated rings. The molecule has 2 aliphatic rings. The Labute approximate surface area is 153 Å². The molecule has 0 saturated heterocycles. The van der Waals surface area contributed by atoms with Crippen LogP contribution in [0.15, 0.2) is 9.59 Å². The van der Waals surface area contributed by atoms with Gasteiger partial charge in [0.25, 0.3) is 5.56 Å². The molecule has 1 unspecified atom stereocenters.